The van der Waals surface area contributed by atoms with Crippen molar-refractivity contribution in [3.05, 3.63) is 46.8 Å². The van der Waals surface area contributed by atoms with Crippen LogP contribution >= 0.6 is 0 Å². The van der Waals surface area contributed by atoms with Crippen molar-refractivity contribution in [1.29, 1.82) is 0 Å². The zero-order chi connectivity index (χ0) is 17.7. The zero-order valence-electron chi connectivity index (χ0n) is 15.4. The van der Waals surface area contributed by atoms with Gasteiger partial charge in [-0.3, -0.25) is 4.79 Å². The second-order valence-corrected chi connectivity index (χ2v) is 6.57. The standard InChI is InChI=1S/C20H28N2O2/c1-6-7-8-19-15(4)21-22(16(19)5)20(23)13-24-18-11-9-17(10-12-18)14(2)3/h9-12,14H,6-8,13H2,1-5H3. The molecular formula is C20H28N2O2. The Kier molecular flexibility index (Phi) is 6.18. The van der Waals surface area contributed by atoms with Gasteiger partial charge >= 0.3 is 0 Å². The van der Waals surface area contributed by atoms with E-state index in [0.717, 1.165) is 30.7 Å². The van der Waals surface area contributed by atoms with E-state index in [0.29, 0.717) is 11.7 Å². The minimum atomic E-state index is -0.133. The van der Waals surface area contributed by atoms with Crippen molar-refractivity contribution in [2.45, 2.75) is 59.8 Å². The Morgan fingerprint density at radius 3 is 2.46 bits per heavy atom. The van der Waals surface area contributed by atoms with Gasteiger partial charge in [-0.15, -0.1) is 0 Å². The van der Waals surface area contributed by atoms with Gasteiger partial charge in [-0.05, 0) is 55.9 Å². The first-order chi connectivity index (χ1) is 11.4. The number of ether oxygens (including phenoxy) is 1. The molecule has 0 saturated heterocycles. The van der Waals surface area contributed by atoms with Crippen LogP contribution < -0.4 is 4.74 Å². The van der Waals surface area contributed by atoms with E-state index in [1.807, 2.05) is 38.1 Å². The number of nitrogens with zero attached hydrogens (tertiary/aromatic N) is 2. The van der Waals surface area contributed by atoms with E-state index in [9.17, 15) is 4.79 Å². The summed E-state index contributed by atoms with van der Waals surface area (Å²) in [6.45, 7) is 10.4. The topological polar surface area (TPSA) is 44.1 Å². The molecule has 1 heterocycles. The Labute approximate surface area is 144 Å². The van der Waals surface area contributed by atoms with Crippen LogP contribution in [-0.4, -0.2) is 22.3 Å². The van der Waals surface area contributed by atoms with Crippen LogP contribution in [0.15, 0.2) is 24.3 Å². The van der Waals surface area contributed by atoms with E-state index < -0.39 is 0 Å². The van der Waals surface area contributed by atoms with Crippen LogP contribution in [0.3, 0.4) is 0 Å². The lowest BCUT2D eigenvalue weighted by atomic mass is 10.0. The molecule has 0 amide bonds. The Bertz CT molecular complexity index is 684. The number of unbranched alkanes of at least 4 members (excludes halogenated alkanes) is 1. The van der Waals surface area contributed by atoms with Crippen LogP contribution in [0.4, 0.5) is 0 Å². The van der Waals surface area contributed by atoms with Gasteiger partial charge in [0.1, 0.15) is 5.75 Å². The normalized spacial score (nSPS) is 11.1. The molecule has 0 fully saturated rings. The van der Waals surface area contributed by atoms with Crippen molar-refractivity contribution in [3.63, 3.8) is 0 Å². The summed E-state index contributed by atoms with van der Waals surface area (Å²) in [5.41, 5.74) is 4.32. The fourth-order valence-electron chi connectivity index (χ4n) is 2.79. The molecule has 1 aromatic heterocycles. The van der Waals surface area contributed by atoms with E-state index in [-0.39, 0.29) is 12.5 Å². The highest BCUT2D eigenvalue weighted by Gasteiger charge is 2.16. The first-order valence-electron chi connectivity index (χ1n) is 8.75. The third-order valence-electron chi connectivity index (χ3n) is 4.37. The van der Waals surface area contributed by atoms with Crippen LogP contribution in [-0.2, 0) is 6.42 Å². The molecule has 0 saturated carbocycles. The Balaban J connectivity index is 2.02. The van der Waals surface area contributed by atoms with Gasteiger partial charge in [-0.25, -0.2) is 4.68 Å². The highest BCUT2D eigenvalue weighted by molar-refractivity contribution is 5.80. The van der Waals surface area contributed by atoms with Gasteiger partial charge in [0.25, 0.3) is 5.91 Å². The molecule has 4 heteroatoms. The first-order valence-corrected chi connectivity index (χ1v) is 8.75. The maximum Gasteiger partial charge on any atom is 0.284 e. The highest BCUT2D eigenvalue weighted by atomic mass is 16.5. The van der Waals surface area contributed by atoms with E-state index in [4.69, 9.17) is 4.74 Å². The fraction of sp³-hybridized carbons (Fsp3) is 0.500. The molecule has 4 nitrogen and oxygen atoms in total. The second-order valence-electron chi connectivity index (χ2n) is 6.57. The average molecular weight is 328 g/mol. The van der Waals surface area contributed by atoms with Gasteiger partial charge in [-0.1, -0.05) is 39.3 Å². The van der Waals surface area contributed by atoms with Crippen LogP contribution in [0.5, 0.6) is 5.75 Å². The second kappa shape index (κ2) is 8.13. The van der Waals surface area contributed by atoms with Crippen molar-refractivity contribution in [3.8, 4) is 5.75 Å². The minimum Gasteiger partial charge on any atom is -0.484 e. The SMILES string of the molecule is CCCCc1c(C)nn(C(=O)COc2ccc(C(C)C)cc2)c1C. The summed E-state index contributed by atoms with van der Waals surface area (Å²) >= 11 is 0. The Hall–Kier alpha value is -2.10. The monoisotopic (exact) mass is 328 g/mol. The van der Waals surface area contributed by atoms with E-state index in [1.54, 1.807) is 0 Å². The molecule has 0 unspecified atom stereocenters. The molecule has 130 valence electrons. The Morgan fingerprint density at radius 2 is 1.88 bits per heavy atom. The van der Waals surface area contributed by atoms with E-state index in [2.05, 4.69) is 25.9 Å². The van der Waals surface area contributed by atoms with Gasteiger partial charge in [0.05, 0.1) is 5.69 Å². The predicted molar refractivity (Wildman–Crippen MR) is 97.0 cm³/mol. The Morgan fingerprint density at radius 1 is 1.21 bits per heavy atom. The third-order valence-corrected chi connectivity index (χ3v) is 4.37. The van der Waals surface area contributed by atoms with Gasteiger partial charge in [-0.2, -0.15) is 5.10 Å². The number of hydrogen-bond acceptors (Lipinski definition) is 3. The maximum atomic E-state index is 12.4. The smallest absolute Gasteiger partial charge is 0.284 e. The van der Waals surface area contributed by atoms with Crippen molar-refractivity contribution >= 4 is 5.91 Å². The van der Waals surface area contributed by atoms with Crippen LogP contribution in [0, 0.1) is 13.8 Å². The average Bonchev–Trinajstić information content (AvgIpc) is 2.85. The number of carbonyl (C=O) groups is 1. The summed E-state index contributed by atoms with van der Waals surface area (Å²) < 4.78 is 7.12. The largest absolute Gasteiger partial charge is 0.484 e. The molecule has 0 aliphatic carbocycles. The molecule has 0 aliphatic heterocycles. The van der Waals surface area contributed by atoms with Crippen LogP contribution in [0.2, 0.25) is 0 Å². The minimum absolute atomic E-state index is 0.00377. The number of rotatable bonds is 7. The number of carbonyl (C=O) groups excluding carboxylic acids is 1. The molecular weight excluding hydrogens is 300 g/mol. The molecule has 0 radical (unpaired) electrons. The predicted octanol–water partition coefficient (Wildman–Crippen LogP) is 4.69. The summed E-state index contributed by atoms with van der Waals surface area (Å²) in [5, 5.41) is 4.40. The number of aromatic nitrogens is 2. The summed E-state index contributed by atoms with van der Waals surface area (Å²) in [5.74, 6) is 1.06. The number of aryl methyl sites for hydroxylation is 1. The molecule has 0 spiro atoms. The molecule has 0 N–H and O–H groups in total. The van der Waals surface area contributed by atoms with Gasteiger partial charge < -0.3 is 4.74 Å². The first kappa shape index (κ1) is 18.2. The molecule has 0 atom stereocenters. The van der Waals surface area contributed by atoms with Crippen molar-refractivity contribution in [2.24, 2.45) is 0 Å². The molecule has 24 heavy (non-hydrogen) atoms. The van der Waals surface area contributed by atoms with Gasteiger partial charge in [0, 0.05) is 5.69 Å². The summed E-state index contributed by atoms with van der Waals surface area (Å²) in [4.78, 5) is 12.4. The fourth-order valence-corrected chi connectivity index (χ4v) is 2.79. The summed E-state index contributed by atoms with van der Waals surface area (Å²) in [6.07, 6.45) is 3.22. The highest BCUT2D eigenvalue weighted by Crippen LogP contribution is 2.19. The van der Waals surface area contributed by atoms with E-state index in [1.165, 1.54) is 15.8 Å². The van der Waals surface area contributed by atoms with Crippen molar-refractivity contribution < 1.29 is 9.53 Å². The van der Waals surface area contributed by atoms with Crippen molar-refractivity contribution in [2.75, 3.05) is 6.61 Å². The summed E-state index contributed by atoms with van der Waals surface area (Å²) in [6, 6.07) is 7.90. The lowest BCUT2D eigenvalue weighted by molar-refractivity contribution is 0.0818. The lowest BCUT2D eigenvalue weighted by Gasteiger charge is -2.09. The van der Waals surface area contributed by atoms with Gasteiger partial charge in [0.15, 0.2) is 6.61 Å². The van der Waals surface area contributed by atoms with Crippen LogP contribution in [0.25, 0.3) is 0 Å². The number of benzene rings is 1. The van der Waals surface area contributed by atoms with Crippen molar-refractivity contribution in [1.82, 2.24) is 9.78 Å². The molecule has 0 aliphatic rings. The zero-order valence-corrected chi connectivity index (χ0v) is 15.4. The summed E-state index contributed by atoms with van der Waals surface area (Å²) in [7, 11) is 0. The maximum absolute atomic E-state index is 12.4. The van der Waals surface area contributed by atoms with E-state index >= 15 is 0 Å². The number of hydrogen-bond donors (Lipinski definition) is 0. The van der Waals surface area contributed by atoms with Gasteiger partial charge in [0.2, 0.25) is 0 Å². The van der Waals surface area contributed by atoms with Crippen LogP contribution in [0.1, 0.15) is 66.8 Å². The molecule has 1 aromatic carbocycles. The third kappa shape index (κ3) is 4.25. The lowest BCUT2D eigenvalue weighted by Crippen LogP contribution is -2.21. The quantitative estimate of drug-likeness (QED) is 0.741. The molecule has 2 aromatic rings. The molecule has 0 bridgehead atoms. The molecule has 2 rings (SSSR count).